The third kappa shape index (κ3) is 5.82. The van der Waals surface area contributed by atoms with Gasteiger partial charge >= 0.3 is 6.03 Å². The van der Waals surface area contributed by atoms with Gasteiger partial charge in [0.25, 0.3) is 0 Å². The number of anilines is 1. The van der Waals surface area contributed by atoms with E-state index >= 15 is 0 Å². The summed E-state index contributed by atoms with van der Waals surface area (Å²) in [5.41, 5.74) is 2.98. The molecule has 0 saturated carbocycles. The topological polar surface area (TPSA) is 102 Å². The average molecular weight is 414 g/mol. The Labute approximate surface area is 169 Å². The van der Waals surface area contributed by atoms with Crippen LogP contribution in [0.5, 0.6) is 5.75 Å². The molecule has 3 aromatic rings. The molecule has 0 aliphatic rings. The molecular weight excluding hydrogens is 392 g/mol. The zero-order chi connectivity index (χ0) is 20.9. The van der Waals surface area contributed by atoms with Crippen molar-refractivity contribution in [3.8, 4) is 17.0 Å². The van der Waals surface area contributed by atoms with Gasteiger partial charge in [0.2, 0.25) is 10.0 Å². The third-order valence-corrected chi connectivity index (χ3v) is 4.56. The molecule has 0 fully saturated rings. The molecule has 1 aromatic heterocycles. The van der Waals surface area contributed by atoms with Crippen LogP contribution < -0.4 is 14.8 Å². The highest BCUT2D eigenvalue weighted by Crippen LogP contribution is 2.22. The van der Waals surface area contributed by atoms with Crippen molar-refractivity contribution in [1.29, 1.82) is 0 Å². The summed E-state index contributed by atoms with van der Waals surface area (Å²) < 4.78 is 32.1. The Kier molecular flexibility index (Phi) is 6.18. The number of sulfonamides is 1. The van der Waals surface area contributed by atoms with Crippen LogP contribution in [0.4, 0.5) is 10.5 Å². The van der Waals surface area contributed by atoms with E-state index in [0.29, 0.717) is 30.3 Å². The van der Waals surface area contributed by atoms with E-state index in [1.54, 1.807) is 30.5 Å². The summed E-state index contributed by atoms with van der Waals surface area (Å²) in [5, 5.41) is 2.71. The number of amides is 1. The van der Waals surface area contributed by atoms with E-state index in [9.17, 15) is 13.2 Å². The standard InChI is InChI=1S/C20H22N4O4S/c1-3-21-20(25)24-12-19(22-14-24)16-6-10-18(11-7-16)28-13-15-4-8-17(9-5-15)23-29(2,26)27/h4-12,14,23H,3,13H2,1-2H3,(H,21,25). The number of ether oxygens (including phenoxy) is 1. The smallest absolute Gasteiger partial charge is 0.326 e. The van der Waals surface area contributed by atoms with Gasteiger partial charge < -0.3 is 10.1 Å². The van der Waals surface area contributed by atoms with Crippen molar-refractivity contribution in [2.75, 3.05) is 17.5 Å². The number of aromatic nitrogens is 2. The maximum Gasteiger partial charge on any atom is 0.326 e. The first-order valence-corrected chi connectivity index (χ1v) is 10.9. The molecule has 0 aliphatic carbocycles. The number of imidazole rings is 1. The molecule has 2 aromatic carbocycles. The van der Waals surface area contributed by atoms with Crippen LogP contribution in [0.15, 0.2) is 61.1 Å². The molecule has 1 amide bonds. The van der Waals surface area contributed by atoms with Gasteiger partial charge in [-0.15, -0.1) is 0 Å². The second-order valence-electron chi connectivity index (χ2n) is 6.39. The number of carbonyl (C=O) groups excluding carboxylic acids is 1. The number of hydrogen-bond donors (Lipinski definition) is 2. The lowest BCUT2D eigenvalue weighted by Gasteiger charge is -2.08. The predicted molar refractivity (Wildman–Crippen MR) is 111 cm³/mol. The highest BCUT2D eigenvalue weighted by atomic mass is 32.2. The minimum atomic E-state index is -3.29. The molecule has 1 heterocycles. The molecule has 3 rings (SSSR count). The summed E-state index contributed by atoms with van der Waals surface area (Å²) >= 11 is 0. The van der Waals surface area contributed by atoms with Crippen molar-refractivity contribution in [1.82, 2.24) is 14.9 Å². The maximum absolute atomic E-state index is 11.8. The van der Waals surface area contributed by atoms with E-state index in [2.05, 4.69) is 15.0 Å². The van der Waals surface area contributed by atoms with Crippen molar-refractivity contribution in [3.63, 3.8) is 0 Å². The first-order chi connectivity index (χ1) is 13.8. The molecule has 0 unspecified atom stereocenters. The maximum atomic E-state index is 11.8. The van der Waals surface area contributed by atoms with E-state index in [4.69, 9.17) is 4.74 Å². The second kappa shape index (κ2) is 8.78. The molecule has 9 heteroatoms. The zero-order valence-electron chi connectivity index (χ0n) is 16.1. The largest absolute Gasteiger partial charge is 0.489 e. The normalized spacial score (nSPS) is 11.1. The number of nitrogens with one attached hydrogen (secondary N) is 2. The fourth-order valence-electron chi connectivity index (χ4n) is 2.60. The van der Waals surface area contributed by atoms with Crippen molar-refractivity contribution in [3.05, 3.63) is 66.6 Å². The Morgan fingerprint density at radius 2 is 1.79 bits per heavy atom. The van der Waals surface area contributed by atoms with Gasteiger partial charge in [0.05, 0.1) is 11.9 Å². The van der Waals surface area contributed by atoms with Gasteiger partial charge in [-0.1, -0.05) is 12.1 Å². The minimum Gasteiger partial charge on any atom is -0.489 e. The number of benzene rings is 2. The third-order valence-electron chi connectivity index (χ3n) is 3.96. The van der Waals surface area contributed by atoms with Crippen LogP contribution in [0.1, 0.15) is 12.5 Å². The van der Waals surface area contributed by atoms with E-state index in [1.165, 1.54) is 10.9 Å². The molecule has 0 saturated heterocycles. The molecule has 2 N–H and O–H groups in total. The second-order valence-corrected chi connectivity index (χ2v) is 8.13. The van der Waals surface area contributed by atoms with Gasteiger partial charge in [0.15, 0.2) is 0 Å². The van der Waals surface area contributed by atoms with Crippen LogP contribution in [0, 0.1) is 0 Å². The lowest BCUT2D eigenvalue weighted by molar-refractivity contribution is 0.243. The van der Waals surface area contributed by atoms with Crippen molar-refractivity contribution in [2.24, 2.45) is 0 Å². The number of nitrogens with zero attached hydrogens (tertiary/aromatic N) is 2. The fraction of sp³-hybridized carbons (Fsp3) is 0.200. The summed E-state index contributed by atoms with van der Waals surface area (Å²) in [4.78, 5) is 16.1. The molecule has 8 nitrogen and oxygen atoms in total. The Balaban J connectivity index is 1.59. The molecule has 0 aliphatic heterocycles. The average Bonchev–Trinajstić information content (AvgIpc) is 3.17. The molecule has 0 bridgehead atoms. The van der Waals surface area contributed by atoms with Crippen molar-refractivity contribution >= 4 is 21.7 Å². The van der Waals surface area contributed by atoms with Crippen molar-refractivity contribution in [2.45, 2.75) is 13.5 Å². The molecular formula is C20H22N4O4S. The van der Waals surface area contributed by atoms with Gasteiger partial charge in [0.1, 0.15) is 18.7 Å². The van der Waals surface area contributed by atoms with Crippen LogP contribution in [0.3, 0.4) is 0 Å². The quantitative estimate of drug-likeness (QED) is 0.619. The molecule has 0 spiro atoms. The molecule has 0 radical (unpaired) electrons. The van der Waals surface area contributed by atoms with Gasteiger partial charge in [-0.05, 0) is 48.9 Å². The van der Waals surface area contributed by atoms with Crippen LogP contribution in [-0.4, -0.2) is 36.8 Å². The van der Waals surface area contributed by atoms with Crippen LogP contribution in [0.2, 0.25) is 0 Å². The Bertz CT molecular complexity index is 1070. The van der Waals surface area contributed by atoms with E-state index in [0.717, 1.165) is 17.4 Å². The summed E-state index contributed by atoms with van der Waals surface area (Å²) in [6.45, 7) is 2.76. The lowest BCUT2D eigenvalue weighted by atomic mass is 10.1. The number of carbonyl (C=O) groups is 1. The van der Waals surface area contributed by atoms with Crippen LogP contribution >= 0.6 is 0 Å². The molecule has 29 heavy (non-hydrogen) atoms. The van der Waals surface area contributed by atoms with Gasteiger partial charge in [-0.2, -0.15) is 0 Å². The highest BCUT2D eigenvalue weighted by Gasteiger charge is 2.07. The van der Waals surface area contributed by atoms with Crippen LogP contribution in [-0.2, 0) is 16.6 Å². The number of rotatable bonds is 7. The molecule has 0 atom stereocenters. The first kappa shape index (κ1) is 20.4. The van der Waals surface area contributed by atoms with Gasteiger partial charge in [0, 0.05) is 24.0 Å². The lowest BCUT2D eigenvalue weighted by Crippen LogP contribution is -2.26. The van der Waals surface area contributed by atoms with E-state index in [1.807, 2.05) is 31.2 Å². The predicted octanol–water partition coefficient (Wildman–Crippen LogP) is 3.08. The SMILES string of the molecule is CCNC(=O)n1cnc(-c2ccc(OCc3ccc(NS(C)(=O)=O)cc3)cc2)c1. The van der Waals surface area contributed by atoms with Crippen LogP contribution in [0.25, 0.3) is 11.3 Å². The van der Waals surface area contributed by atoms with Gasteiger partial charge in [-0.25, -0.2) is 18.2 Å². The Hall–Kier alpha value is -3.33. The fourth-order valence-corrected chi connectivity index (χ4v) is 3.16. The molecule has 152 valence electrons. The summed E-state index contributed by atoms with van der Waals surface area (Å²) in [7, 11) is -3.29. The van der Waals surface area contributed by atoms with E-state index in [-0.39, 0.29) is 6.03 Å². The van der Waals surface area contributed by atoms with E-state index < -0.39 is 10.0 Å². The van der Waals surface area contributed by atoms with Gasteiger partial charge in [-0.3, -0.25) is 9.29 Å². The first-order valence-electron chi connectivity index (χ1n) is 8.96. The Morgan fingerprint density at radius 1 is 1.10 bits per heavy atom. The summed E-state index contributed by atoms with van der Waals surface area (Å²) in [6, 6.07) is 14.2. The Morgan fingerprint density at radius 3 is 2.41 bits per heavy atom. The van der Waals surface area contributed by atoms with Crippen molar-refractivity contribution < 1.29 is 17.9 Å². The highest BCUT2D eigenvalue weighted by molar-refractivity contribution is 7.92. The number of hydrogen-bond acceptors (Lipinski definition) is 5. The summed E-state index contributed by atoms with van der Waals surface area (Å²) in [5.74, 6) is 0.690. The summed E-state index contributed by atoms with van der Waals surface area (Å²) in [6.07, 6.45) is 4.26. The minimum absolute atomic E-state index is 0.219. The zero-order valence-corrected chi connectivity index (χ0v) is 16.9. The monoisotopic (exact) mass is 414 g/mol.